The van der Waals surface area contributed by atoms with Crippen molar-refractivity contribution in [2.45, 2.75) is 20.0 Å². The third-order valence-corrected chi connectivity index (χ3v) is 3.50. The minimum Gasteiger partial charge on any atom is -0.389 e. The van der Waals surface area contributed by atoms with Crippen molar-refractivity contribution in [2.24, 2.45) is 5.73 Å². The smallest absolute Gasteiger partial charge is 0.104 e. The second-order valence-electron chi connectivity index (χ2n) is 4.68. The third kappa shape index (κ3) is 3.85. The zero-order valence-corrected chi connectivity index (χ0v) is 12.4. The molecule has 2 N–H and O–H groups in total. The van der Waals surface area contributed by atoms with Gasteiger partial charge in [0.15, 0.2) is 0 Å². The molecular formula is C16H19N3S. The molecular weight excluding hydrogens is 266 g/mol. The summed E-state index contributed by atoms with van der Waals surface area (Å²) in [6.45, 7) is 4.86. The summed E-state index contributed by atoms with van der Waals surface area (Å²) in [5.41, 5.74) is 9.19. The van der Waals surface area contributed by atoms with Crippen LogP contribution in [0.1, 0.15) is 23.6 Å². The Morgan fingerprint density at radius 1 is 1.15 bits per heavy atom. The summed E-state index contributed by atoms with van der Waals surface area (Å²) in [6, 6.07) is 12.2. The lowest BCUT2D eigenvalue weighted by Crippen LogP contribution is -2.24. The van der Waals surface area contributed by atoms with Gasteiger partial charge in [0.25, 0.3) is 0 Å². The van der Waals surface area contributed by atoms with Crippen molar-refractivity contribution in [1.82, 2.24) is 9.88 Å². The van der Waals surface area contributed by atoms with E-state index in [1.165, 1.54) is 11.1 Å². The molecule has 0 saturated carbocycles. The second kappa shape index (κ2) is 7.12. The van der Waals surface area contributed by atoms with Crippen molar-refractivity contribution in [3.8, 4) is 0 Å². The molecule has 20 heavy (non-hydrogen) atoms. The summed E-state index contributed by atoms with van der Waals surface area (Å²) >= 11 is 5.12. The summed E-state index contributed by atoms with van der Waals surface area (Å²) in [7, 11) is 0. The van der Waals surface area contributed by atoms with E-state index in [-0.39, 0.29) is 0 Å². The molecule has 1 aromatic heterocycles. The average molecular weight is 285 g/mol. The minimum absolute atomic E-state index is 0.459. The molecule has 0 spiro atoms. The molecule has 0 fully saturated rings. The maximum absolute atomic E-state index is 5.79. The van der Waals surface area contributed by atoms with E-state index in [2.05, 4.69) is 22.9 Å². The quantitative estimate of drug-likeness (QED) is 0.829. The molecule has 0 amide bonds. The van der Waals surface area contributed by atoms with Gasteiger partial charge in [-0.3, -0.25) is 9.88 Å². The Morgan fingerprint density at radius 2 is 1.85 bits per heavy atom. The van der Waals surface area contributed by atoms with E-state index in [0.717, 1.165) is 25.2 Å². The first-order valence-corrected chi connectivity index (χ1v) is 7.10. The zero-order valence-electron chi connectivity index (χ0n) is 11.6. The van der Waals surface area contributed by atoms with Crippen LogP contribution in [0.4, 0.5) is 0 Å². The van der Waals surface area contributed by atoms with Gasteiger partial charge in [-0.2, -0.15) is 0 Å². The average Bonchev–Trinajstić information content (AvgIpc) is 2.48. The summed E-state index contributed by atoms with van der Waals surface area (Å²) in [4.78, 5) is 6.86. The van der Waals surface area contributed by atoms with E-state index in [1.807, 2.05) is 42.7 Å². The number of nitrogens with zero attached hydrogens (tertiary/aromatic N) is 2. The SMILES string of the molecule is CCN(Cc1ccncc1)Cc1ccccc1C(N)=S. The third-order valence-electron chi connectivity index (χ3n) is 3.28. The first-order valence-electron chi connectivity index (χ1n) is 6.69. The molecule has 0 aliphatic rings. The molecule has 1 heterocycles. The van der Waals surface area contributed by atoms with Gasteiger partial charge in [0.2, 0.25) is 0 Å². The van der Waals surface area contributed by atoms with Crippen molar-refractivity contribution >= 4 is 17.2 Å². The Balaban J connectivity index is 2.13. The summed E-state index contributed by atoms with van der Waals surface area (Å²) in [5.74, 6) is 0. The van der Waals surface area contributed by atoms with E-state index in [4.69, 9.17) is 18.0 Å². The monoisotopic (exact) mass is 285 g/mol. The number of aromatic nitrogens is 1. The van der Waals surface area contributed by atoms with E-state index in [9.17, 15) is 0 Å². The number of thiocarbonyl (C=S) groups is 1. The highest BCUT2D eigenvalue weighted by atomic mass is 32.1. The first kappa shape index (κ1) is 14.6. The van der Waals surface area contributed by atoms with Gasteiger partial charge in [-0.15, -0.1) is 0 Å². The minimum atomic E-state index is 0.459. The number of pyridine rings is 1. The molecule has 104 valence electrons. The highest BCUT2D eigenvalue weighted by Gasteiger charge is 2.09. The fraction of sp³-hybridized carbons (Fsp3) is 0.250. The number of hydrogen-bond donors (Lipinski definition) is 1. The predicted molar refractivity (Wildman–Crippen MR) is 86.4 cm³/mol. The number of nitrogens with two attached hydrogens (primary N) is 1. The zero-order chi connectivity index (χ0) is 14.4. The highest BCUT2D eigenvalue weighted by molar-refractivity contribution is 7.80. The van der Waals surface area contributed by atoms with Crippen molar-refractivity contribution < 1.29 is 0 Å². The van der Waals surface area contributed by atoms with Crippen LogP contribution in [-0.4, -0.2) is 21.4 Å². The number of hydrogen-bond acceptors (Lipinski definition) is 3. The van der Waals surface area contributed by atoms with Gasteiger partial charge < -0.3 is 5.73 Å². The molecule has 2 rings (SSSR count). The Hall–Kier alpha value is -1.78. The summed E-state index contributed by atoms with van der Waals surface area (Å²) in [5, 5.41) is 0. The molecule has 2 aromatic rings. The van der Waals surface area contributed by atoms with Crippen LogP contribution in [0.3, 0.4) is 0 Å². The van der Waals surface area contributed by atoms with Gasteiger partial charge in [-0.05, 0) is 29.8 Å². The van der Waals surface area contributed by atoms with Gasteiger partial charge in [0, 0.05) is 31.0 Å². The standard InChI is InChI=1S/C16H19N3S/c1-2-19(11-13-7-9-18-10-8-13)12-14-5-3-4-6-15(14)16(17)20/h3-10H,2,11-12H2,1H3,(H2,17,20). The molecule has 0 radical (unpaired) electrons. The topological polar surface area (TPSA) is 42.2 Å². The molecule has 0 aliphatic carbocycles. The fourth-order valence-corrected chi connectivity index (χ4v) is 2.36. The van der Waals surface area contributed by atoms with Crippen LogP contribution >= 0.6 is 12.2 Å². The van der Waals surface area contributed by atoms with Crippen LogP contribution in [0.5, 0.6) is 0 Å². The van der Waals surface area contributed by atoms with Crippen molar-refractivity contribution in [2.75, 3.05) is 6.54 Å². The normalized spacial score (nSPS) is 10.7. The highest BCUT2D eigenvalue weighted by Crippen LogP contribution is 2.13. The maximum atomic E-state index is 5.79. The van der Waals surface area contributed by atoms with Crippen molar-refractivity contribution in [3.63, 3.8) is 0 Å². The van der Waals surface area contributed by atoms with Crippen LogP contribution in [0.15, 0.2) is 48.8 Å². The van der Waals surface area contributed by atoms with E-state index >= 15 is 0 Å². The lowest BCUT2D eigenvalue weighted by molar-refractivity contribution is 0.271. The van der Waals surface area contributed by atoms with Gasteiger partial charge in [-0.1, -0.05) is 43.4 Å². The van der Waals surface area contributed by atoms with Gasteiger partial charge >= 0.3 is 0 Å². The lowest BCUT2D eigenvalue weighted by Gasteiger charge is -2.22. The van der Waals surface area contributed by atoms with Crippen LogP contribution in [0.2, 0.25) is 0 Å². The Labute approximate surface area is 125 Å². The molecule has 0 saturated heterocycles. The van der Waals surface area contributed by atoms with Crippen LogP contribution in [0.25, 0.3) is 0 Å². The van der Waals surface area contributed by atoms with Crippen LogP contribution < -0.4 is 5.73 Å². The van der Waals surface area contributed by atoms with Crippen LogP contribution in [-0.2, 0) is 13.1 Å². The number of rotatable bonds is 6. The second-order valence-corrected chi connectivity index (χ2v) is 5.12. The molecule has 3 nitrogen and oxygen atoms in total. The molecule has 0 atom stereocenters. The van der Waals surface area contributed by atoms with E-state index in [1.54, 1.807) is 0 Å². The molecule has 1 aromatic carbocycles. The molecule has 4 heteroatoms. The van der Waals surface area contributed by atoms with E-state index in [0.29, 0.717) is 4.99 Å². The molecule has 0 bridgehead atoms. The predicted octanol–water partition coefficient (Wildman–Crippen LogP) is 2.74. The summed E-state index contributed by atoms with van der Waals surface area (Å²) < 4.78 is 0. The van der Waals surface area contributed by atoms with Crippen molar-refractivity contribution in [1.29, 1.82) is 0 Å². The number of benzene rings is 1. The van der Waals surface area contributed by atoms with Crippen molar-refractivity contribution in [3.05, 3.63) is 65.5 Å². The van der Waals surface area contributed by atoms with Gasteiger partial charge in [0.1, 0.15) is 4.99 Å². The summed E-state index contributed by atoms with van der Waals surface area (Å²) in [6.07, 6.45) is 3.65. The van der Waals surface area contributed by atoms with E-state index < -0.39 is 0 Å². The maximum Gasteiger partial charge on any atom is 0.104 e. The van der Waals surface area contributed by atoms with Gasteiger partial charge in [0.05, 0.1) is 0 Å². The Bertz CT molecular complexity index is 569. The molecule has 0 aliphatic heterocycles. The van der Waals surface area contributed by atoms with Crippen LogP contribution in [0, 0.1) is 0 Å². The lowest BCUT2D eigenvalue weighted by atomic mass is 10.1. The Morgan fingerprint density at radius 3 is 2.50 bits per heavy atom. The first-order chi connectivity index (χ1) is 9.70. The largest absolute Gasteiger partial charge is 0.389 e. The fourth-order valence-electron chi connectivity index (χ4n) is 2.17. The Kier molecular flexibility index (Phi) is 5.21. The molecule has 0 unspecified atom stereocenters. The van der Waals surface area contributed by atoms with Gasteiger partial charge in [-0.25, -0.2) is 0 Å².